The van der Waals surface area contributed by atoms with Crippen LogP contribution in [-0.2, 0) is 20.1 Å². The van der Waals surface area contributed by atoms with Crippen LogP contribution >= 0.6 is 0 Å². The Balaban J connectivity index is 0.00000609. The molecule has 0 saturated heterocycles. The number of benzene rings is 10. The maximum absolute atomic E-state index is 4.87. The molecule has 13 rings (SSSR count). The molecule has 0 saturated carbocycles. The van der Waals surface area contributed by atoms with Crippen molar-refractivity contribution in [2.45, 2.75) is 20.8 Å². The number of aryl methyl sites for hydroxylation is 3. The summed E-state index contributed by atoms with van der Waals surface area (Å²) in [6, 6.07) is 94.0. The average Bonchev–Trinajstić information content (AvgIpc) is 3.62. The van der Waals surface area contributed by atoms with Crippen LogP contribution in [0.3, 0.4) is 0 Å². The summed E-state index contributed by atoms with van der Waals surface area (Å²) >= 11 is 0. The SMILES string of the molecule is Cc1ccc(-c2[c-]cc(-c3ccccc3-c3cc(-c4ccccc4-c4c[c-]c(-c5cc(C)ccn5)cc4)cc(-c4ccccc4-c4c[c-]c(-c5ccc(C)cn5)cc4-c4ccc5c(ccc6ccccc65)c4)c3)cc2)nc1.[Ir+3]. The van der Waals surface area contributed by atoms with Crippen molar-refractivity contribution in [2.75, 3.05) is 0 Å². The summed E-state index contributed by atoms with van der Waals surface area (Å²) in [5.74, 6) is 0. The van der Waals surface area contributed by atoms with Crippen LogP contribution in [0.15, 0.2) is 249 Å². The van der Waals surface area contributed by atoms with Gasteiger partial charge in [-0.2, -0.15) is 0 Å². The number of aromatic nitrogens is 3. The molecule has 0 atom stereocenters. The molecule has 0 spiro atoms. The predicted molar refractivity (Wildman–Crippen MR) is 320 cm³/mol. The van der Waals surface area contributed by atoms with E-state index in [0.717, 1.165) is 123 Å². The molecule has 4 heteroatoms. The molecule has 370 valence electrons. The zero-order valence-corrected chi connectivity index (χ0v) is 45.7. The van der Waals surface area contributed by atoms with Gasteiger partial charge in [-0.1, -0.05) is 196 Å². The first kappa shape index (κ1) is 49.7. The molecule has 78 heavy (non-hydrogen) atoms. The molecular weight excluding hydrogens is 1120 g/mol. The summed E-state index contributed by atoms with van der Waals surface area (Å²) < 4.78 is 0. The van der Waals surface area contributed by atoms with Gasteiger partial charge < -0.3 is 15.0 Å². The molecule has 0 aliphatic carbocycles. The van der Waals surface area contributed by atoms with E-state index in [1.54, 1.807) is 0 Å². The van der Waals surface area contributed by atoms with E-state index in [0.29, 0.717) is 0 Å². The average molecular weight is 1170 g/mol. The van der Waals surface area contributed by atoms with Gasteiger partial charge in [-0.05, 0) is 140 Å². The smallest absolute Gasteiger partial charge is 0.305 e. The summed E-state index contributed by atoms with van der Waals surface area (Å²) in [5.41, 5.74) is 24.4. The Hall–Kier alpha value is -9.18. The number of hydrogen-bond donors (Lipinski definition) is 0. The molecule has 0 aliphatic rings. The number of hydrogen-bond acceptors (Lipinski definition) is 3. The fraction of sp³-hybridized carbons (Fsp3) is 0.0405. The Morgan fingerprint density at radius 3 is 1.33 bits per heavy atom. The van der Waals surface area contributed by atoms with Crippen LogP contribution in [0.1, 0.15) is 16.7 Å². The van der Waals surface area contributed by atoms with Crippen molar-refractivity contribution in [1.82, 2.24) is 15.0 Å². The van der Waals surface area contributed by atoms with Crippen LogP contribution in [0.2, 0.25) is 0 Å². The van der Waals surface area contributed by atoms with Crippen LogP contribution in [0.5, 0.6) is 0 Å². The van der Waals surface area contributed by atoms with Gasteiger partial charge in [0.2, 0.25) is 0 Å². The minimum absolute atomic E-state index is 0. The fourth-order valence-corrected chi connectivity index (χ4v) is 10.8. The van der Waals surface area contributed by atoms with E-state index in [4.69, 9.17) is 9.97 Å². The van der Waals surface area contributed by atoms with Crippen molar-refractivity contribution in [3.63, 3.8) is 0 Å². The Kier molecular flexibility index (Phi) is 13.7. The Labute approximate surface area is 470 Å². The molecule has 10 aromatic carbocycles. The molecule has 3 heterocycles. The Bertz CT molecular complexity index is 4330. The molecule has 0 aliphatic heterocycles. The van der Waals surface area contributed by atoms with Crippen LogP contribution in [-0.4, -0.2) is 15.0 Å². The number of pyridine rings is 3. The summed E-state index contributed by atoms with van der Waals surface area (Å²) in [6.07, 6.45) is 5.70. The van der Waals surface area contributed by atoms with E-state index >= 15 is 0 Å². The standard InChI is InChI=1S/C74H50N3.Ir/c1-48-38-39-75-74(40-48)55-29-24-53(25-30-55)64-15-7-9-17-66(64)60-42-59(65-16-8-6-14-63(65)52-22-27-54(28-23-52)72-36-20-49(2)46-76-72)43-61(44-60)67-18-10-11-19-69(67)70-35-33-58(73-37-21-50(3)47-77-73)45-71(70)57-32-34-68-56(41-57)31-26-51-12-4-5-13-62(51)68;/h4-27,29,31-32,34-47H,1-3H3;/q-3;+3. The molecule has 0 radical (unpaired) electrons. The van der Waals surface area contributed by atoms with Gasteiger partial charge >= 0.3 is 20.1 Å². The zero-order valence-electron chi connectivity index (χ0n) is 43.3. The monoisotopic (exact) mass is 1170 g/mol. The van der Waals surface area contributed by atoms with Crippen molar-refractivity contribution < 1.29 is 20.1 Å². The molecule has 0 amide bonds. The Morgan fingerprint density at radius 1 is 0.282 bits per heavy atom. The van der Waals surface area contributed by atoms with Crippen molar-refractivity contribution in [3.8, 4) is 112 Å². The van der Waals surface area contributed by atoms with Crippen molar-refractivity contribution in [2.24, 2.45) is 0 Å². The second kappa shape index (κ2) is 21.4. The fourth-order valence-electron chi connectivity index (χ4n) is 10.8. The first-order chi connectivity index (χ1) is 37.9. The maximum Gasteiger partial charge on any atom is 3.00 e. The molecule has 0 N–H and O–H groups in total. The second-order valence-corrected chi connectivity index (χ2v) is 20.0. The third kappa shape index (κ3) is 9.81. The van der Waals surface area contributed by atoms with E-state index in [1.807, 2.05) is 24.7 Å². The van der Waals surface area contributed by atoms with Crippen LogP contribution in [0, 0.1) is 39.0 Å². The van der Waals surface area contributed by atoms with Crippen LogP contribution in [0.25, 0.3) is 133 Å². The van der Waals surface area contributed by atoms with Gasteiger partial charge in [0, 0.05) is 18.6 Å². The Morgan fingerprint density at radius 2 is 0.769 bits per heavy atom. The summed E-state index contributed by atoms with van der Waals surface area (Å²) in [6.45, 7) is 6.23. The van der Waals surface area contributed by atoms with Gasteiger partial charge in [0.15, 0.2) is 0 Å². The number of rotatable bonds is 10. The third-order valence-corrected chi connectivity index (χ3v) is 14.8. The summed E-state index contributed by atoms with van der Waals surface area (Å²) in [5, 5.41) is 4.90. The minimum atomic E-state index is 0. The normalized spacial score (nSPS) is 11.2. The van der Waals surface area contributed by atoms with Gasteiger partial charge in [-0.25, -0.2) is 0 Å². The van der Waals surface area contributed by atoms with Gasteiger partial charge in [-0.3, -0.25) is 0 Å². The first-order valence-electron chi connectivity index (χ1n) is 26.1. The molecule has 3 nitrogen and oxygen atoms in total. The first-order valence-corrected chi connectivity index (χ1v) is 26.1. The minimum Gasteiger partial charge on any atom is -0.305 e. The topological polar surface area (TPSA) is 38.7 Å². The van der Waals surface area contributed by atoms with Crippen molar-refractivity contribution in [1.29, 1.82) is 0 Å². The quantitative estimate of drug-likeness (QED) is 0.101. The van der Waals surface area contributed by atoms with Crippen LogP contribution in [0.4, 0.5) is 0 Å². The summed E-state index contributed by atoms with van der Waals surface area (Å²) in [4.78, 5) is 14.2. The number of nitrogens with zero attached hydrogens (tertiary/aromatic N) is 3. The molecule has 3 aromatic heterocycles. The largest absolute Gasteiger partial charge is 3.00 e. The van der Waals surface area contributed by atoms with E-state index < -0.39 is 0 Å². The molecule has 0 fully saturated rings. The van der Waals surface area contributed by atoms with Gasteiger partial charge in [0.25, 0.3) is 0 Å². The summed E-state index contributed by atoms with van der Waals surface area (Å²) in [7, 11) is 0. The van der Waals surface area contributed by atoms with Gasteiger partial charge in [0.1, 0.15) is 0 Å². The van der Waals surface area contributed by atoms with Crippen molar-refractivity contribution >= 4 is 21.5 Å². The third-order valence-electron chi connectivity index (χ3n) is 14.8. The van der Waals surface area contributed by atoms with Gasteiger partial charge in [-0.15, -0.1) is 83.4 Å². The van der Waals surface area contributed by atoms with E-state index in [1.165, 1.54) is 27.1 Å². The molecule has 0 bridgehead atoms. The second-order valence-electron chi connectivity index (χ2n) is 20.0. The maximum atomic E-state index is 4.87. The molecule has 0 unspecified atom stereocenters. The van der Waals surface area contributed by atoms with E-state index in [-0.39, 0.29) is 20.1 Å². The zero-order chi connectivity index (χ0) is 51.8. The van der Waals surface area contributed by atoms with Gasteiger partial charge in [0.05, 0.1) is 0 Å². The number of fused-ring (bicyclic) bond motifs is 3. The van der Waals surface area contributed by atoms with Crippen LogP contribution < -0.4 is 0 Å². The molecular formula is C74H50IrN3. The van der Waals surface area contributed by atoms with E-state index in [9.17, 15) is 0 Å². The van der Waals surface area contributed by atoms with Crippen molar-refractivity contribution in [3.05, 3.63) is 284 Å². The molecule has 13 aromatic rings. The van der Waals surface area contributed by atoms with E-state index in [2.05, 4.69) is 268 Å². The predicted octanol–water partition coefficient (Wildman–Crippen LogP) is 19.2.